The summed E-state index contributed by atoms with van der Waals surface area (Å²) in [6.07, 6.45) is 3.03. The van der Waals surface area contributed by atoms with Crippen molar-refractivity contribution in [2.45, 2.75) is 19.8 Å². The van der Waals surface area contributed by atoms with Crippen LogP contribution in [-0.2, 0) is 0 Å². The second-order valence-electron chi connectivity index (χ2n) is 3.45. The van der Waals surface area contributed by atoms with E-state index in [0.717, 1.165) is 11.8 Å². The molecule has 1 nitrogen and oxygen atoms in total. The van der Waals surface area contributed by atoms with E-state index in [0.29, 0.717) is 0 Å². The Labute approximate surface area is 57.0 Å². The van der Waals surface area contributed by atoms with Gasteiger partial charge in [0.25, 0.3) is 0 Å². The van der Waals surface area contributed by atoms with Crippen LogP contribution in [0.1, 0.15) is 19.8 Å². The van der Waals surface area contributed by atoms with Crippen molar-refractivity contribution in [2.24, 2.45) is 11.8 Å². The van der Waals surface area contributed by atoms with E-state index in [1.807, 2.05) is 0 Å². The van der Waals surface area contributed by atoms with Gasteiger partial charge in [0, 0.05) is 13.1 Å². The molecule has 2 rings (SSSR count). The van der Waals surface area contributed by atoms with E-state index >= 15 is 0 Å². The standard InChI is InChI=1S/C8H15N/c1-2-9-5-7-3-4-8(7)6-9/h7-8H,2-6H2,1H3/t7-,8+. The molecule has 1 aliphatic heterocycles. The van der Waals surface area contributed by atoms with Gasteiger partial charge in [0.1, 0.15) is 0 Å². The van der Waals surface area contributed by atoms with Gasteiger partial charge in [0.2, 0.25) is 0 Å². The fourth-order valence-corrected chi connectivity index (χ4v) is 2.11. The van der Waals surface area contributed by atoms with Gasteiger partial charge in [-0.3, -0.25) is 0 Å². The van der Waals surface area contributed by atoms with Gasteiger partial charge in [0.05, 0.1) is 0 Å². The quantitative estimate of drug-likeness (QED) is 0.511. The molecule has 2 fully saturated rings. The summed E-state index contributed by atoms with van der Waals surface area (Å²) in [5.74, 6) is 2.20. The molecule has 1 heterocycles. The summed E-state index contributed by atoms with van der Waals surface area (Å²) in [4.78, 5) is 2.59. The Morgan fingerprint density at radius 1 is 1.22 bits per heavy atom. The molecule has 2 atom stereocenters. The maximum Gasteiger partial charge on any atom is 0.00128 e. The Morgan fingerprint density at radius 3 is 2.11 bits per heavy atom. The number of hydrogen-bond acceptors (Lipinski definition) is 1. The second kappa shape index (κ2) is 1.98. The summed E-state index contributed by atoms with van der Waals surface area (Å²) >= 11 is 0. The summed E-state index contributed by atoms with van der Waals surface area (Å²) < 4.78 is 0. The lowest BCUT2D eigenvalue weighted by molar-refractivity contribution is 0.243. The fourth-order valence-electron chi connectivity index (χ4n) is 2.11. The van der Waals surface area contributed by atoms with Crippen LogP contribution in [0.25, 0.3) is 0 Å². The SMILES string of the molecule is CCN1C[C@H]2CC[C@H]2C1. The molecule has 0 bridgehead atoms. The van der Waals surface area contributed by atoms with Gasteiger partial charge < -0.3 is 4.90 Å². The maximum atomic E-state index is 2.59. The molecule has 1 aliphatic carbocycles. The van der Waals surface area contributed by atoms with E-state index in [-0.39, 0.29) is 0 Å². The zero-order chi connectivity index (χ0) is 6.27. The Balaban J connectivity index is 1.91. The molecule has 1 heteroatoms. The van der Waals surface area contributed by atoms with Crippen molar-refractivity contribution < 1.29 is 0 Å². The lowest BCUT2D eigenvalue weighted by atomic mass is 9.77. The molecule has 1 saturated heterocycles. The van der Waals surface area contributed by atoms with Crippen LogP contribution in [0, 0.1) is 11.8 Å². The molecule has 0 amide bonds. The molecule has 0 aromatic carbocycles. The van der Waals surface area contributed by atoms with E-state index in [1.54, 1.807) is 0 Å². The maximum absolute atomic E-state index is 2.59. The summed E-state index contributed by atoms with van der Waals surface area (Å²) in [6.45, 7) is 6.35. The molecule has 0 unspecified atom stereocenters. The highest BCUT2D eigenvalue weighted by Gasteiger charge is 2.38. The molecule has 0 radical (unpaired) electrons. The second-order valence-corrected chi connectivity index (χ2v) is 3.45. The average Bonchev–Trinajstić information content (AvgIpc) is 2.10. The van der Waals surface area contributed by atoms with Crippen LogP contribution >= 0.6 is 0 Å². The highest BCUT2D eigenvalue weighted by molar-refractivity contribution is 4.90. The van der Waals surface area contributed by atoms with Gasteiger partial charge in [-0.2, -0.15) is 0 Å². The van der Waals surface area contributed by atoms with E-state index in [2.05, 4.69) is 11.8 Å². The molecule has 0 aromatic rings. The fraction of sp³-hybridized carbons (Fsp3) is 1.00. The van der Waals surface area contributed by atoms with Gasteiger partial charge in [-0.15, -0.1) is 0 Å². The van der Waals surface area contributed by atoms with Crippen LogP contribution in [0.15, 0.2) is 0 Å². The number of rotatable bonds is 1. The first kappa shape index (κ1) is 5.72. The minimum atomic E-state index is 1.10. The van der Waals surface area contributed by atoms with Gasteiger partial charge in [-0.25, -0.2) is 0 Å². The molecule has 9 heavy (non-hydrogen) atoms. The first-order valence-corrected chi connectivity index (χ1v) is 4.12. The Bertz CT molecular complexity index is 99.1. The van der Waals surface area contributed by atoms with Crippen molar-refractivity contribution in [3.05, 3.63) is 0 Å². The Hall–Kier alpha value is -0.0400. The topological polar surface area (TPSA) is 3.24 Å². The zero-order valence-electron chi connectivity index (χ0n) is 6.14. The predicted octanol–water partition coefficient (Wildman–Crippen LogP) is 1.35. The lowest BCUT2D eigenvalue weighted by Crippen LogP contribution is -2.22. The monoisotopic (exact) mass is 125 g/mol. The summed E-state index contributed by atoms with van der Waals surface area (Å²) in [7, 11) is 0. The van der Waals surface area contributed by atoms with Crippen LogP contribution in [0.4, 0.5) is 0 Å². The van der Waals surface area contributed by atoms with Crippen molar-refractivity contribution in [2.75, 3.05) is 19.6 Å². The summed E-state index contributed by atoms with van der Waals surface area (Å²) in [5.41, 5.74) is 0. The van der Waals surface area contributed by atoms with Crippen LogP contribution in [0.2, 0.25) is 0 Å². The molecule has 2 aliphatic rings. The number of likely N-dealkylation sites (tertiary alicyclic amines) is 1. The van der Waals surface area contributed by atoms with Gasteiger partial charge in [-0.1, -0.05) is 6.92 Å². The van der Waals surface area contributed by atoms with E-state index in [9.17, 15) is 0 Å². The number of nitrogens with zero attached hydrogens (tertiary/aromatic N) is 1. The highest BCUT2D eigenvalue weighted by atomic mass is 15.2. The average molecular weight is 125 g/mol. The van der Waals surface area contributed by atoms with Crippen molar-refractivity contribution in [1.29, 1.82) is 0 Å². The molecule has 52 valence electrons. The molecule has 0 spiro atoms. The van der Waals surface area contributed by atoms with Crippen LogP contribution in [0.5, 0.6) is 0 Å². The van der Waals surface area contributed by atoms with Crippen molar-refractivity contribution in [1.82, 2.24) is 4.90 Å². The van der Waals surface area contributed by atoms with E-state index in [1.165, 1.54) is 32.5 Å². The first-order chi connectivity index (χ1) is 4.40. The lowest BCUT2D eigenvalue weighted by Gasteiger charge is -2.28. The first-order valence-electron chi connectivity index (χ1n) is 4.12. The minimum absolute atomic E-state index is 1.10. The predicted molar refractivity (Wildman–Crippen MR) is 38.3 cm³/mol. The molecule has 0 aromatic heterocycles. The Morgan fingerprint density at radius 2 is 1.78 bits per heavy atom. The molecular formula is C8H15N. The van der Waals surface area contributed by atoms with E-state index in [4.69, 9.17) is 0 Å². The van der Waals surface area contributed by atoms with Crippen molar-refractivity contribution in [3.8, 4) is 0 Å². The number of fused-ring (bicyclic) bond motifs is 1. The van der Waals surface area contributed by atoms with Crippen LogP contribution in [0.3, 0.4) is 0 Å². The zero-order valence-corrected chi connectivity index (χ0v) is 6.14. The third kappa shape index (κ3) is 0.787. The van der Waals surface area contributed by atoms with E-state index < -0.39 is 0 Å². The molecule has 0 N–H and O–H groups in total. The third-order valence-corrected chi connectivity index (χ3v) is 3.01. The highest BCUT2D eigenvalue weighted by Crippen LogP contribution is 2.39. The largest absolute Gasteiger partial charge is 0.303 e. The summed E-state index contributed by atoms with van der Waals surface area (Å²) in [5, 5.41) is 0. The van der Waals surface area contributed by atoms with Crippen molar-refractivity contribution in [3.63, 3.8) is 0 Å². The van der Waals surface area contributed by atoms with Crippen LogP contribution < -0.4 is 0 Å². The molecular weight excluding hydrogens is 110 g/mol. The van der Waals surface area contributed by atoms with Gasteiger partial charge >= 0.3 is 0 Å². The Kier molecular flexibility index (Phi) is 1.26. The van der Waals surface area contributed by atoms with Crippen molar-refractivity contribution >= 4 is 0 Å². The van der Waals surface area contributed by atoms with Gasteiger partial charge in [0.15, 0.2) is 0 Å². The smallest absolute Gasteiger partial charge is 0.00128 e. The van der Waals surface area contributed by atoms with Crippen LogP contribution in [-0.4, -0.2) is 24.5 Å². The minimum Gasteiger partial charge on any atom is -0.303 e. The normalized spacial score (nSPS) is 42.3. The molecule has 1 saturated carbocycles. The number of hydrogen-bond donors (Lipinski definition) is 0. The third-order valence-electron chi connectivity index (χ3n) is 3.01. The van der Waals surface area contributed by atoms with Gasteiger partial charge in [-0.05, 0) is 31.2 Å². The summed E-state index contributed by atoms with van der Waals surface area (Å²) in [6, 6.07) is 0.